The molecule has 2 heterocycles. The van der Waals surface area contributed by atoms with Crippen molar-refractivity contribution in [1.29, 1.82) is 0 Å². The molecule has 0 bridgehead atoms. The molecule has 4 heteroatoms. The maximum absolute atomic E-state index is 11.8. The molecule has 1 spiro atoms. The Kier molecular flexibility index (Phi) is 1.93. The monoisotopic (exact) mass is 252 g/mol. The third-order valence-corrected chi connectivity index (χ3v) is 5.85. The molecule has 4 unspecified atom stereocenters. The highest BCUT2D eigenvalue weighted by Gasteiger charge is 2.94. The Morgan fingerprint density at radius 2 is 1.94 bits per heavy atom. The van der Waals surface area contributed by atoms with Crippen LogP contribution >= 0.6 is 0 Å². The Bertz CT molecular complexity index is 416. The number of aliphatic carboxylic acids is 1. The molecule has 4 rings (SSSR count). The average Bonchev–Trinajstić information content (AvgIpc) is 3.24. The second-order valence-corrected chi connectivity index (χ2v) is 6.62. The van der Waals surface area contributed by atoms with E-state index in [1.165, 1.54) is 19.3 Å². The van der Waals surface area contributed by atoms with Crippen molar-refractivity contribution in [3.63, 3.8) is 0 Å². The van der Waals surface area contributed by atoms with E-state index in [4.69, 9.17) is 9.47 Å². The number of hydrogen-bond acceptors (Lipinski definition) is 3. The van der Waals surface area contributed by atoms with Crippen LogP contribution < -0.4 is 0 Å². The van der Waals surface area contributed by atoms with Crippen molar-refractivity contribution < 1.29 is 19.4 Å². The zero-order chi connectivity index (χ0) is 12.6. The summed E-state index contributed by atoms with van der Waals surface area (Å²) in [6, 6.07) is 0. The molecule has 4 nitrogen and oxygen atoms in total. The summed E-state index contributed by atoms with van der Waals surface area (Å²) in [4.78, 5) is 11.8. The summed E-state index contributed by atoms with van der Waals surface area (Å²) in [5.74, 6) is -0.836. The van der Waals surface area contributed by atoms with Gasteiger partial charge in [0.15, 0.2) is 0 Å². The third kappa shape index (κ3) is 1.00. The van der Waals surface area contributed by atoms with Crippen molar-refractivity contribution in [2.45, 2.75) is 69.4 Å². The Morgan fingerprint density at radius 1 is 1.22 bits per heavy atom. The molecular formula is C14H20O4. The molecule has 0 aromatic heterocycles. The number of epoxide rings is 2. The van der Waals surface area contributed by atoms with E-state index >= 15 is 0 Å². The molecule has 1 N–H and O–H groups in total. The van der Waals surface area contributed by atoms with Crippen LogP contribution in [0, 0.1) is 11.3 Å². The first kappa shape index (κ1) is 11.2. The summed E-state index contributed by atoms with van der Waals surface area (Å²) in [6.07, 6.45) is 7.56. The van der Waals surface area contributed by atoms with E-state index < -0.39 is 22.8 Å². The molecule has 0 radical (unpaired) electrons. The fraction of sp³-hybridized carbons (Fsp3) is 0.929. The van der Waals surface area contributed by atoms with E-state index in [-0.39, 0.29) is 6.10 Å². The molecule has 0 aromatic rings. The van der Waals surface area contributed by atoms with Gasteiger partial charge in [0.2, 0.25) is 5.79 Å². The normalized spacial score (nSPS) is 54.4. The zero-order valence-electron chi connectivity index (χ0n) is 10.8. The number of carboxylic acid groups (broad SMARTS) is 1. The second kappa shape index (κ2) is 3.10. The SMILES string of the molecule is CC1(C(=O)O)CCC2OC23OC13C1CCCCC1. The van der Waals surface area contributed by atoms with E-state index in [2.05, 4.69) is 0 Å². The molecule has 0 amide bonds. The lowest BCUT2D eigenvalue weighted by Crippen LogP contribution is -2.52. The molecule has 4 fully saturated rings. The largest absolute Gasteiger partial charge is 0.481 e. The quantitative estimate of drug-likeness (QED) is 0.766. The molecule has 4 aliphatic rings. The van der Waals surface area contributed by atoms with Gasteiger partial charge in [-0.1, -0.05) is 19.3 Å². The summed E-state index contributed by atoms with van der Waals surface area (Å²) < 4.78 is 11.8. The lowest BCUT2D eigenvalue weighted by atomic mass is 9.59. The summed E-state index contributed by atoms with van der Waals surface area (Å²) in [5, 5.41) is 9.69. The van der Waals surface area contributed by atoms with Crippen LogP contribution in [0.1, 0.15) is 51.9 Å². The van der Waals surface area contributed by atoms with Gasteiger partial charge in [0.05, 0.1) is 5.41 Å². The van der Waals surface area contributed by atoms with Crippen LogP contribution in [0.2, 0.25) is 0 Å². The van der Waals surface area contributed by atoms with Crippen LogP contribution in [0.3, 0.4) is 0 Å². The smallest absolute Gasteiger partial charge is 0.312 e. The third-order valence-electron chi connectivity index (χ3n) is 5.85. The minimum atomic E-state index is -0.762. The van der Waals surface area contributed by atoms with Crippen LogP contribution in [-0.2, 0) is 14.3 Å². The van der Waals surface area contributed by atoms with Crippen molar-refractivity contribution >= 4 is 5.97 Å². The molecule has 2 aliphatic heterocycles. The number of ether oxygens (including phenoxy) is 2. The molecule has 2 saturated carbocycles. The van der Waals surface area contributed by atoms with Crippen molar-refractivity contribution in [3.05, 3.63) is 0 Å². The Hall–Kier alpha value is -0.610. The maximum Gasteiger partial charge on any atom is 0.312 e. The van der Waals surface area contributed by atoms with Gasteiger partial charge in [-0.15, -0.1) is 0 Å². The standard InChI is InChI=1S/C14H20O4/c1-12(11(15)16)8-7-10-14(17-10)13(12,18-14)9-5-3-2-4-6-9/h9-10H,2-8H2,1H3,(H,15,16). The van der Waals surface area contributed by atoms with E-state index in [0.717, 1.165) is 19.3 Å². The highest BCUT2D eigenvalue weighted by Crippen LogP contribution is 2.78. The first-order chi connectivity index (χ1) is 8.57. The predicted octanol–water partition coefficient (Wildman–Crippen LogP) is 2.32. The van der Waals surface area contributed by atoms with E-state index in [1.54, 1.807) is 0 Å². The Balaban J connectivity index is 1.74. The topological polar surface area (TPSA) is 62.4 Å². The van der Waals surface area contributed by atoms with Crippen molar-refractivity contribution in [2.24, 2.45) is 11.3 Å². The van der Waals surface area contributed by atoms with Gasteiger partial charge in [0, 0.05) is 0 Å². The summed E-state index contributed by atoms with van der Waals surface area (Å²) in [6.45, 7) is 1.87. The van der Waals surface area contributed by atoms with E-state index in [0.29, 0.717) is 12.3 Å². The summed E-state index contributed by atoms with van der Waals surface area (Å²) in [5.41, 5.74) is -1.28. The maximum atomic E-state index is 11.8. The van der Waals surface area contributed by atoms with Gasteiger partial charge < -0.3 is 14.6 Å². The van der Waals surface area contributed by atoms with E-state index in [9.17, 15) is 9.90 Å². The van der Waals surface area contributed by atoms with Gasteiger partial charge in [-0.25, -0.2) is 0 Å². The summed E-state index contributed by atoms with van der Waals surface area (Å²) in [7, 11) is 0. The predicted molar refractivity (Wildman–Crippen MR) is 63.0 cm³/mol. The van der Waals surface area contributed by atoms with Gasteiger partial charge >= 0.3 is 5.97 Å². The second-order valence-electron chi connectivity index (χ2n) is 6.62. The molecule has 18 heavy (non-hydrogen) atoms. The minimum absolute atomic E-state index is 0.173. The first-order valence-electron chi connectivity index (χ1n) is 7.18. The lowest BCUT2D eigenvalue weighted by Gasteiger charge is -2.39. The van der Waals surface area contributed by atoms with Crippen LogP contribution in [0.15, 0.2) is 0 Å². The molecule has 2 saturated heterocycles. The fourth-order valence-electron chi connectivity index (χ4n) is 4.75. The Labute approximate surface area is 107 Å². The lowest BCUT2D eigenvalue weighted by molar-refractivity contribution is -0.156. The Morgan fingerprint density at radius 3 is 2.61 bits per heavy atom. The van der Waals surface area contributed by atoms with Gasteiger partial charge in [0.1, 0.15) is 11.7 Å². The molecule has 100 valence electrons. The molecule has 2 aliphatic carbocycles. The number of hydrogen-bond donors (Lipinski definition) is 1. The van der Waals surface area contributed by atoms with Crippen LogP contribution in [0.5, 0.6) is 0 Å². The van der Waals surface area contributed by atoms with Crippen LogP contribution in [-0.4, -0.2) is 28.6 Å². The number of carbonyl (C=O) groups is 1. The zero-order valence-corrected chi connectivity index (χ0v) is 10.8. The average molecular weight is 252 g/mol. The molecular weight excluding hydrogens is 232 g/mol. The highest BCUT2D eigenvalue weighted by molar-refractivity contribution is 5.78. The van der Waals surface area contributed by atoms with Gasteiger partial charge in [0.25, 0.3) is 0 Å². The highest BCUT2D eigenvalue weighted by atomic mass is 16.9. The number of rotatable bonds is 2. The molecule has 0 aromatic carbocycles. The van der Waals surface area contributed by atoms with Crippen LogP contribution in [0.25, 0.3) is 0 Å². The van der Waals surface area contributed by atoms with Crippen LogP contribution in [0.4, 0.5) is 0 Å². The van der Waals surface area contributed by atoms with Gasteiger partial charge in [-0.3, -0.25) is 4.79 Å². The molecule has 4 atom stereocenters. The van der Waals surface area contributed by atoms with Gasteiger partial charge in [-0.05, 0) is 38.5 Å². The first-order valence-corrected chi connectivity index (χ1v) is 7.18. The summed E-state index contributed by atoms with van der Waals surface area (Å²) >= 11 is 0. The number of carboxylic acids is 1. The fourth-order valence-corrected chi connectivity index (χ4v) is 4.75. The van der Waals surface area contributed by atoms with Crippen molar-refractivity contribution in [3.8, 4) is 0 Å². The van der Waals surface area contributed by atoms with Crippen molar-refractivity contribution in [2.75, 3.05) is 0 Å². The van der Waals surface area contributed by atoms with Gasteiger partial charge in [-0.2, -0.15) is 0 Å². The van der Waals surface area contributed by atoms with E-state index in [1.807, 2.05) is 6.92 Å². The van der Waals surface area contributed by atoms with Crippen molar-refractivity contribution in [1.82, 2.24) is 0 Å². The minimum Gasteiger partial charge on any atom is -0.481 e.